The molecule has 0 radical (unpaired) electrons. The van der Waals surface area contributed by atoms with Crippen molar-refractivity contribution in [2.75, 3.05) is 25.4 Å². The van der Waals surface area contributed by atoms with Crippen molar-refractivity contribution in [3.05, 3.63) is 24.0 Å². The lowest BCUT2D eigenvalue weighted by atomic mass is 10.2. The molecular formula is C11H17N3O2. The lowest BCUT2D eigenvalue weighted by Crippen LogP contribution is -2.33. The Morgan fingerprint density at radius 3 is 2.94 bits per heavy atom. The van der Waals surface area contributed by atoms with E-state index in [4.69, 9.17) is 10.8 Å². The molecule has 0 aliphatic rings. The number of hydrogen-bond acceptors (Lipinski definition) is 4. The van der Waals surface area contributed by atoms with Gasteiger partial charge in [0.2, 0.25) is 0 Å². The van der Waals surface area contributed by atoms with Crippen molar-refractivity contribution in [2.24, 2.45) is 0 Å². The number of rotatable bonds is 5. The van der Waals surface area contributed by atoms with Crippen LogP contribution in [0.3, 0.4) is 0 Å². The fraction of sp³-hybridized carbons (Fsp3) is 0.455. The zero-order chi connectivity index (χ0) is 12.0. The Balaban J connectivity index is 2.79. The zero-order valence-corrected chi connectivity index (χ0v) is 9.39. The molecule has 0 bridgehead atoms. The maximum atomic E-state index is 12.0. The van der Waals surface area contributed by atoms with E-state index in [9.17, 15) is 4.79 Å². The van der Waals surface area contributed by atoms with Gasteiger partial charge >= 0.3 is 0 Å². The SMILES string of the molecule is CCN(CCCO)C(=O)c1ncccc1N. The minimum absolute atomic E-state index is 0.0709. The van der Waals surface area contributed by atoms with Gasteiger partial charge in [0.25, 0.3) is 5.91 Å². The summed E-state index contributed by atoms with van der Waals surface area (Å²) in [4.78, 5) is 17.6. The summed E-state index contributed by atoms with van der Waals surface area (Å²) < 4.78 is 0. The van der Waals surface area contributed by atoms with Gasteiger partial charge in [-0.3, -0.25) is 4.79 Å². The van der Waals surface area contributed by atoms with E-state index in [1.165, 1.54) is 0 Å². The molecule has 5 nitrogen and oxygen atoms in total. The topological polar surface area (TPSA) is 79.5 Å². The number of nitrogens with two attached hydrogens (primary N) is 1. The van der Waals surface area contributed by atoms with Crippen LogP contribution in [0.25, 0.3) is 0 Å². The van der Waals surface area contributed by atoms with Gasteiger partial charge in [0.15, 0.2) is 5.69 Å². The highest BCUT2D eigenvalue weighted by molar-refractivity contribution is 5.97. The van der Waals surface area contributed by atoms with Gasteiger partial charge in [-0.25, -0.2) is 4.98 Å². The van der Waals surface area contributed by atoms with Gasteiger partial charge in [-0.15, -0.1) is 0 Å². The summed E-state index contributed by atoms with van der Waals surface area (Å²) in [6.45, 7) is 3.05. The lowest BCUT2D eigenvalue weighted by Gasteiger charge is -2.20. The number of nitrogen functional groups attached to an aromatic ring is 1. The highest BCUT2D eigenvalue weighted by Gasteiger charge is 2.17. The van der Waals surface area contributed by atoms with E-state index in [-0.39, 0.29) is 18.2 Å². The van der Waals surface area contributed by atoms with Gasteiger partial charge in [-0.1, -0.05) is 0 Å². The van der Waals surface area contributed by atoms with Crippen LogP contribution in [-0.2, 0) is 0 Å². The number of aromatic nitrogens is 1. The van der Waals surface area contributed by atoms with Crippen molar-refractivity contribution >= 4 is 11.6 Å². The van der Waals surface area contributed by atoms with E-state index in [0.29, 0.717) is 25.2 Å². The number of pyridine rings is 1. The number of anilines is 1. The summed E-state index contributed by atoms with van der Waals surface area (Å²) in [5.74, 6) is -0.186. The van der Waals surface area contributed by atoms with Crippen molar-refractivity contribution in [1.82, 2.24) is 9.88 Å². The smallest absolute Gasteiger partial charge is 0.274 e. The Morgan fingerprint density at radius 2 is 2.38 bits per heavy atom. The molecule has 1 amide bonds. The van der Waals surface area contributed by atoms with Gasteiger partial charge < -0.3 is 15.7 Å². The molecule has 1 rings (SSSR count). The molecule has 1 aromatic rings. The monoisotopic (exact) mass is 223 g/mol. The van der Waals surface area contributed by atoms with Crippen LogP contribution in [0.2, 0.25) is 0 Å². The Kier molecular flexibility index (Phi) is 4.72. The Morgan fingerprint density at radius 1 is 1.62 bits per heavy atom. The van der Waals surface area contributed by atoms with E-state index in [1.807, 2.05) is 6.92 Å². The summed E-state index contributed by atoms with van der Waals surface area (Å²) >= 11 is 0. The van der Waals surface area contributed by atoms with E-state index < -0.39 is 0 Å². The normalized spacial score (nSPS) is 10.1. The van der Waals surface area contributed by atoms with Crippen LogP contribution < -0.4 is 5.73 Å². The molecule has 0 spiro atoms. The summed E-state index contributed by atoms with van der Waals surface area (Å²) in [5, 5.41) is 8.74. The molecule has 3 N–H and O–H groups in total. The molecule has 1 heterocycles. The van der Waals surface area contributed by atoms with Gasteiger partial charge in [-0.2, -0.15) is 0 Å². The molecule has 0 aliphatic heterocycles. The second-order valence-corrected chi connectivity index (χ2v) is 3.40. The number of amides is 1. The van der Waals surface area contributed by atoms with Crippen molar-refractivity contribution in [2.45, 2.75) is 13.3 Å². The summed E-state index contributed by atoms with van der Waals surface area (Å²) in [6, 6.07) is 3.34. The summed E-state index contributed by atoms with van der Waals surface area (Å²) in [5.41, 5.74) is 6.35. The first-order valence-corrected chi connectivity index (χ1v) is 5.31. The number of carbonyl (C=O) groups is 1. The predicted octanol–water partition coefficient (Wildman–Crippen LogP) is 0.508. The highest BCUT2D eigenvalue weighted by Crippen LogP contribution is 2.10. The van der Waals surface area contributed by atoms with Crippen LogP contribution in [0.4, 0.5) is 5.69 Å². The van der Waals surface area contributed by atoms with Crippen molar-refractivity contribution in [3.63, 3.8) is 0 Å². The maximum Gasteiger partial charge on any atom is 0.274 e. The minimum Gasteiger partial charge on any atom is -0.397 e. The Bertz CT molecular complexity index is 355. The van der Waals surface area contributed by atoms with Gasteiger partial charge in [-0.05, 0) is 25.5 Å². The molecular weight excluding hydrogens is 206 g/mol. The number of carbonyl (C=O) groups excluding carboxylic acids is 1. The molecule has 0 saturated carbocycles. The number of aliphatic hydroxyl groups excluding tert-OH is 1. The molecule has 16 heavy (non-hydrogen) atoms. The van der Waals surface area contributed by atoms with E-state index >= 15 is 0 Å². The van der Waals surface area contributed by atoms with Crippen LogP contribution in [0.5, 0.6) is 0 Å². The third-order valence-electron chi connectivity index (χ3n) is 2.30. The molecule has 5 heteroatoms. The fourth-order valence-electron chi connectivity index (χ4n) is 1.41. The van der Waals surface area contributed by atoms with Crippen LogP contribution in [-0.4, -0.2) is 40.6 Å². The van der Waals surface area contributed by atoms with Crippen molar-refractivity contribution < 1.29 is 9.90 Å². The molecule has 0 fully saturated rings. The first-order chi connectivity index (χ1) is 7.70. The first kappa shape index (κ1) is 12.4. The van der Waals surface area contributed by atoms with E-state index in [0.717, 1.165) is 0 Å². The Hall–Kier alpha value is -1.62. The van der Waals surface area contributed by atoms with Crippen LogP contribution in [0.15, 0.2) is 18.3 Å². The summed E-state index contributed by atoms with van der Waals surface area (Å²) in [7, 11) is 0. The summed E-state index contributed by atoms with van der Waals surface area (Å²) in [6.07, 6.45) is 2.11. The quantitative estimate of drug-likeness (QED) is 0.762. The Labute approximate surface area is 94.9 Å². The van der Waals surface area contributed by atoms with Gasteiger partial charge in [0.1, 0.15) is 0 Å². The highest BCUT2D eigenvalue weighted by atomic mass is 16.3. The minimum atomic E-state index is -0.186. The fourth-order valence-corrected chi connectivity index (χ4v) is 1.41. The molecule has 0 aromatic carbocycles. The van der Waals surface area contributed by atoms with Crippen LogP contribution in [0.1, 0.15) is 23.8 Å². The van der Waals surface area contributed by atoms with E-state index in [2.05, 4.69) is 4.98 Å². The molecule has 0 unspecified atom stereocenters. The molecule has 0 aliphatic carbocycles. The first-order valence-electron chi connectivity index (χ1n) is 5.31. The molecule has 1 aromatic heterocycles. The molecule has 0 atom stereocenters. The van der Waals surface area contributed by atoms with Crippen molar-refractivity contribution in [3.8, 4) is 0 Å². The number of aliphatic hydroxyl groups is 1. The zero-order valence-electron chi connectivity index (χ0n) is 9.39. The lowest BCUT2D eigenvalue weighted by molar-refractivity contribution is 0.0749. The van der Waals surface area contributed by atoms with E-state index in [1.54, 1.807) is 23.2 Å². The van der Waals surface area contributed by atoms with Crippen molar-refractivity contribution in [1.29, 1.82) is 0 Å². The molecule has 0 saturated heterocycles. The standard InChI is InChI=1S/C11H17N3O2/c1-2-14(7-4-8-15)11(16)10-9(12)5-3-6-13-10/h3,5-6,15H,2,4,7-8,12H2,1H3. The van der Waals surface area contributed by atoms with Gasteiger partial charge in [0.05, 0.1) is 5.69 Å². The second kappa shape index (κ2) is 6.07. The van der Waals surface area contributed by atoms with Crippen LogP contribution >= 0.6 is 0 Å². The third kappa shape index (κ3) is 2.93. The average Bonchev–Trinajstić information content (AvgIpc) is 2.30. The number of nitrogens with zero attached hydrogens (tertiary/aromatic N) is 2. The molecule has 88 valence electrons. The average molecular weight is 223 g/mol. The third-order valence-corrected chi connectivity index (χ3v) is 2.30. The van der Waals surface area contributed by atoms with Gasteiger partial charge in [0, 0.05) is 25.9 Å². The predicted molar refractivity (Wildman–Crippen MR) is 61.9 cm³/mol. The van der Waals surface area contributed by atoms with Crippen LogP contribution in [0, 0.1) is 0 Å². The number of hydrogen-bond donors (Lipinski definition) is 2. The second-order valence-electron chi connectivity index (χ2n) is 3.40. The maximum absolute atomic E-state index is 12.0. The largest absolute Gasteiger partial charge is 0.397 e.